The molecule has 156 valence electrons. The summed E-state index contributed by atoms with van der Waals surface area (Å²) in [5.74, 6) is -2.26. The van der Waals surface area contributed by atoms with Crippen molar-refractivity contribution in [2.24, 2.45) is 11.8 Å². The van der Waals surface area contributed by atoms with Gasteiger partial charge in [0.2, 0.25) is 5.91 Å². The van der Waals surface area contributed by atoms with Crippen molar-refractivity contribution in [2.45, 2.75) is 13.0 Å². The number of nitrogens with one attached hydrogen (secondary N) is 2. The Labute approximate surface area is 172 Å². The number of aliphatic carboxylic acids is 2. The van der Waals surface area contributed by atoms with Gasteiger partial charge in [0.15, 0.2) is 0 Å². The number of hydrogen-bond acceptors (Lipinski definition) is 5. The second-order valence-corrected chi connectivity index (χ2v) is 7.14. The second-order valence-electron chi connectivity index (χ2n) is 6.70. The number of benzene rings is 1. The zero-order valence-corrected chi connectivity index (χ0v) is 16.3. The lowest BCUT2D eigenvalue weighted by molar-refractivity contribution is -0.137. The first-order valence-electron chi connectivity index (χ1n) is 8.94. The molecular formula is C19H22ClN3O6. The summed E-state index contributed by atoms with van der Waals surface area (Å²) in [6, 6.07) is 6.99. The molecule has 2 bridgehead atoms. The molecule has 2 saturated heterocycles. The maximum Gasteiger partial charge on any atom is 0.328 e. The normalized spacial score (nSPS) is 20.6. The van der Waals surface area contributed by atoms with Crippen LogP contribution in [-0.4, -0.2) is 58.6 Å². The first kappa shape index (κ1) is 22.4. The molecule has 0 saturated carbocycles. The van der Waals surface area contributed by atoms with Gasteiger partial charge in [0.25, 0.3) is 0 Å². The molecule has 0 spiro atoms. The Morgan fingerprint density at radius 3 is 2.34 bits per heavy atom. The molecule has 10 heteroatoms. The van der Waals surface area contributed by atoms with E-state index in [1.54, 1.807) is 12.1 Å². The summed E-state index contributed by atoms with van der Waals surface area (Å²) < 4.78 is 0. The van der Waals surface area contributed by atoms with E-state index in [2.05, 4.69) is 10.6 Å². The standard InChI is InChI=1S/C15H18ClN3O2.C4H4O4/c16-13-3-1-10(2-4-13)7-18-15(21)19-9-11-5-12(14(19)20)8-17-6-11;5-3(6)1-2-4(7)8/h1-4,11-12,17H,5-9H2,(H,18,21);1-2H,(H,5,6)(H,7,8)/b;2-1+. The number of urea groups is 1. The number of nitrogens with zero attached hydrogens (tertiary/aromatic N) is 1. The van der Waals surface area contributed by atoms with E-state index in [4.69, 9.17) is 21.8 Å². The molecule has 29 heavy (non-hydrogen) atoms. The summed E-state index contributed by atoms with van der Waals surface area (Å²) in [5, 5.41) is 22.3. The number of likely N-dealkylation sites (tertiary alicyclic amines) is 1. The summed E-state index contributed by atoms with van der Waals surface area (Å²) in [6.45, 7) is 2.46. The highest BCUT2D eigenvalue weighted by atomic mass is 35.5. The number of carboxylic acids is 2. The van der Waals surface area contributed by atoms with Crippen LogP contribution in [0.3, 0.4) is 0 Å². The van der Waals surface area contributed by atoms with Crippen LogP contribution in [0, 0.1) is 11.8 Å². The van der Waals surface area contributed by atoms with Gasteiger partial charge in [-0.25, -0.2) is 14.4 Å². The van der Waals surface area contributed by atoms with Crippen LogP contribution < -0.4 is 10.6 Å². The number of rotatable bonds is 4. The van der Waals surface area contributed by atoms with Gasteiger partial charge in [-0.1, -0.05) is 23.7 Å². The number of piperidine rings is 2. The van der Waals surface area contributed by atoms with Crippen molar-refractivity contribution in [1.29, 1.82) is 0 Å². The fourth-order valence-corrected chi connectivity index (χ4v) is 3.25. The minimum absolute atomic E-state index is 0.0567. The van der Waals surface area contributed by atoms with Crippen molar-refractivity contribution >= 4 is 35.5 Å². The van der Waals surface area contributed by atoms with Gasteiger partial charge in [-0.3, -0.25) is 9.69 Å². The molecule has 2 unspecified atom stereocenters. The molecule has 1 aromatic rings. The van der Waals surface area contributed by atoms with E-state index in [1.165, 1.54) is 4.90 Å². The van der Waals surface area contributed by atoms with Crippen LogP contribution >= 0.6 is 11.6 Å². The Morgan fingerprint density at radius 2 is 1.76 bits per heavy atom. The maximum atomic E-state index is 12.2. The zero-order chi connectivity index (χ0) is 21.4. The van der Waals surface area contributed by atoms with Gasteiger partial charge in [-0.15, -0.1) is 0 Å². The minimum atomic E-state index is -1.26. The van der Waals surface area contributed by atoms with E-state index in [9.17, 15) is 19.2 Å². The van der Waals surface area contributed by atoms with Crippen molar-refractivity contribution in [3.05, 3.63) is 47.0 Å². The number of imide groups is 1. The van der Waals surface area contributed by atoms with Crippen LogP contribution in [-0.2, 0) is 20.9 Å². The molecule has 4 N–H and O–H groups in total. The highest BCUT2D eigenvalue weighted by Gasteiger charge is 2.39. The van der Waals surface area contributed by atoms with Crippen molar-refractivity contribution in [3.8, 4) is 0 Å². The van der Waals surface area contributed by atoms with Crippen LogP contribution in [0.25, 0.3) is 0 Å². The van der Waals surface area contributed by atoms with E-state index in [1.807, 2.05) is 12.1 Å². The van der Waals surface area contributed by atoms with Crippen molar-refractivity contribution in [2.75, 3.05) is 19.6 Å². The third-order valence-electron chi connectivity index (χ3n) is 4.47. The second kappa shape index (κ2) is 10.6. The molecule has 0 aromatic heterocycles. The topological polar surface area (TPSA) is 136 Å². The molecule has 1 aromatic carbocycles. The van der Waals surface area contributed by atoms with Crippen LogP contribution in [0.1, 0.15) is 12.0 Å². The molecule has 9 nitrogen and oxygen atoms in total. The molecule has 2 aliphatic heterocycles. The average molecular weight is 424 g/mol. The van der Waals surface area contributed by atoms with Crippen LogP contribution in [0.4, 0.5) is 4.79 Å². The van der Waals surface area contributed by atoms with Crippen LogP contribution in [0.5, 0.6) is 0 Å². The summed E-state index contributed by atoms with van der Waals surface area (Å²) in [7, 11) is 0. The Morgan fingerprint density at radius 1 is 1.14 bits per heavy atom. The quantitative estimate of drug-likeness (QED) is 0.536. The Hall–Kier alpha value is -2.91. The number of carbonyl (C=O) groups excluding carboxylic acids is 2. The minimum Gasteiger partial charge on any atom is -0.478 e. The predicted octanol–water partition coefficient (Wildman–Crippen LogP) is 1.33. The van der Waals surface area contributed by atoms with Crippen molar-refractivity contribution < 1.29 is 29.4 Å². The lowest BCUT2D eigenvalue weighted by Gasteiger charge is -2.39. The van der Waals surface area contributed by atoms with Crippen molar-refractivity contribution in [3.63, 3.8) is 0 Å². The summed E-state index contributed by atoms with van der Waals surface area (Å²) in [4.78, 5) is 44.9. The average Bonchev–Trinajstić information content (AvgIpc) is 2.69. The highest BCUT2D eigenvalue weighted by Crippen LogP contribution is 2.25. The summed E-state index contributed by atoms with van der Waals surface area (Å²) >= 11 is 5.82. The number of fused-ring (bicyclic) bond motifs is 2. The smallest absolute Gasteiger partial charge is 0.328 e. The van der Waals surface area contributed by atoms with E-state index in [-0.39, 0.29) is 17.9 Å². The van der Waals surface area contributed by atoms with Crippen LogP contribution in [0.15, 0.2) is 36.4 Å². The molecule has 3 amide bonds. The summed E-state index contributed by atoms with van der Waals surface area (Å²) in [5.41, 5.74) is 0.957. The van der Waals surface area contributed by atoms with Gasteiger partial charge < -0.3 is 20.8 Å². The molecular weight excluding hydrogens is 402 g/mol. The fraction of sp³-hybridized carbons (Fsp3) is 0.368. The Balaban J connectivity index is 0.000000321. The van der Waals surface area contributed by atoms with Crippen molar-refractivity contribution in [1.82, 2.24) is 15.5 Å². The number of hydrogen-bond donors (Lipinski definition) is 4. The molecule has 2 atom stereocenters. The lowest BCUT2D eigenvalue weighted by atomic mass is 9.85. The predicted molar refractivity (Wildman–Crippen MR) is 104 cm³/mol. The maximum absolute atomic E-state index is 12.2. The number of amides is 3. The van der Waals surface area contributed by atoms with Gasteiger partial charge in [0.05, 0.1) is 5.92 Å². The molecule has 3 rings (SSSR count). The fourth-order valence-electron chi connectivity index (χ4n) is 3.13. The molecule has 2 aliphatic rings. The van der Waals surface area contributed by atoms with Gasteiger partial charge >= 0.3 is 18.0 Å². The van der Waals surface area contributed by atoms with E-state index in [0.29, 0.717) is 42.7 Å². The van der Waals surface area contributed by atoms with E-state index < -0.39 is 11.9 Å². The molecule has 2 heterocycles. The van der Waals surface area contributed by atoms with Gasteiger partial charge in [-0.05, 0) is 36.6 Å². The van der Waals surface area contributed by atoms with Gasteiger partial charge in [0.1, 0.15) is 0 Å². The van der Waals surface area contributed by atoms with Crippen LogP contribution in [0.2, 0.25) is 5.02 Å². The first-order valence-corrected chi connectivity index (χ1v) is 9.32. The van der Waals surface area contributed by atoms with Gasteiger partial charge in [0, 0.05) is 36.8 Å². The van der Waals surface area contributed by atoms with E-state index in [0.717, 1.165) is 18.5 Å². The Kier molecular flexibility index (Phi) is 8.17. The van der Waals surface area contributed by atoms with Gasteiger partial charge in [-0.2, -0.15) is 0 Å². The zero-order valence-electron chi connectivity index (χ0n) is 15.5. The number of carboxylic acid groups (broad SMARTS) is 2. The monoisotopic (exact) mass is 423 g/mol. The number of carbonyl (C=O) groups is 4. The first-order chi connectivity index (χ1) is 13.8. The lowest BCUT2D eigenvalue weighted by Crippen LogP contribution is -2.58. The molecule has 0 aliphatic carbocycles. The summed E-state index contributed by atoms with van der Waals surface area (Å²) in [6.07, 6.45) is 2.01. The third-order valence-corrected chi connectivity index (χ3v) is 4.72. The van der Waals surface area contributed by atoms with E-state index >= 15 is 0 Å². The third kappa shape index (κ3) is 7.20. The largest absolute Gasteiger partial charge is 0.478 e. The Bertz CT molecular complexity index is 780. The highest BCUT2D eigenvalue weighted by molar-refractivity contribution is 6.30. The molecule has 2 fully saturated rings. The number of halogens is 1. The SMILES string of the molecule is O=C(NCc1ccc(Cl)cc1)N1CC2CNCC(C2)C1=O.O=C(O)/C=C/C(=O)O. The molecule has 0 radical (unpaired) electrons.